The van der Waals surface area contributed by atoms with Gasteiger partial charge >= 0.3 is 0 Å². The van der Waals surface area contributed by atoms with E-state index >= 15 is 0 Å². The Hall–Kier alpha value is -2.69. The number of para-hydroxylation sites is 1. The summed E-state index contributed by atoms with van der Waals surface area (Å²) in [5.41, 5.74) is 12.0. The van der Waals surface area contributed by atoms with Crippen LogP contribution in [0.4, 0.5) is 5.69 Å². The Morgan fingerprint density at radius 3 is 2.33 bits per heavy atom. The molecule has 1 aromatic heterocycles. The molecule has 0 fully saturated rings. The van der Waals surface area contributed by atoms with E-state index in [1.165, 1.54) is 0 Å². The molecule has 3 rings (SSSR count). The zero-order valence-electron chi connectivity index (χ0n) is 12.3. The molecule has 0 unspecified atom stereocenters. The molecule has 0 amide bonds. The van der Waals surface area contributed by atoms with E-state index in [2.05, 4.69) is 41.5 Å². The monoisotopic (exact) mass is 279 g/mol. The van der Waals surface area contributed by atoms with Crippen LogP contribution in [0.1, 0.15) is 16.7 Å². The summed E-state index contributed by atoms with van der Waals surface area (Å²) in [5, 5.41) is 12.1. The zero-order chi connectivity index (χ0) is 15.0. The molecule has 2 aromatic carbocycles. The first-order valence-corrected chi connectivity index (χ1v) is 6.79. The van der Waals surface area contributed by atoms with Crippen LogP contribution >= 0.6 is 0 Å². The molecule has 3 aromatic rings. The first-order valence-electron chi connectivity index (χ1n) is 6.79. The molecule has 106 valence electrons. The van der Waals surface area contributed by atoms with Crippen LogP contribution in [-0.4, -0.2) is 20.2 Å². The summed E-state index contributed by atoms with van der Waals surface area (Å²) < 4.78 is 1.77. The number of nitrogens with two attached hydrogens (primary N) is 1. The van der Waals surface area contributed by atoms with Crippen molar-refractivity contribution < 1.29 is 0 Å². The molecule has 0 aliphatic heterocycles. The van der Waals surface area contributed by atoms with E-state index in [0.717, 1.165) is 33.6 Å². The van der Waals surface area contributed by atoms with Gasteiger partial charge in [-0.05, 0) is 54.0 Å². The Balaban J connectivity index is 2.20. The van der Waals surface area contributed by atoms with Crippen molar-refractivity contribution in [2.45, 2.75) is 20.8 Å². The first-order chi connectivity index (χ1) is 10.1. The van der Waals surface area contributed by atoms with Gasteiger partial charge in [-0.25, -0.2) is 0 Å². The van der Waals surface area contributed by atoms with E-state index in [4.69, 9.17) is 5.73 Å². The Bertz CT molecular complexity index is 784. The summed E-state index contributed by atoms with van der Waals surface area (Å²) in [6.07, 6.45) is 0. The van der Waals surface area contributed by atoms with Gasteiger partial charge in [-0.3, -0.25) is 0 Å². The van der Waals surface area contributed by atoms with Gasteiger partial charge in [0.1, 0.15) is 0 Å². The van der Waals surface area contributed by atoms with E-state index in [9.17, 15) is 0 Å². The molecule has 5 heteroatoms. The number of hydrogen-bond acceptors (Lipinski definition) is 4. The summed E-state index contributed by atoms with van der Waals surface area (Å²) in [6, 6.07) is 12.0. The Morgan fingerprint density at radius 2 is 1.67 bits per heavy atom. The lowest BCUT2D eigenvalue weighted by Gasteiger charge is -2.11. The van der Waals surface area contributed by atoms with Gasteiger partial charge in [0.15, 0.2) is 5.82 Å². The van der Waals surface area contributed by atoms with E-state index in [1.807, 2.05) is 31.2 Å². The van der Waals surface area contributed by atoms with Crippen molar-refractivity contribution in [1.82, 2.24) is 20.2 Å². The van der Waals surface area contributed by atoms with Crippen LogP contribution < -0.4 is 5.73 Å². The van der Waals surface area contributed by atoms with Gasteiger partial charge in [0, 0.05) is 11.3 Å². The number of tetrazole rings is 1. The summed E-state index contributed by atoms with van der Waals surface area (Å²) >= 11 is 0. The number of rotatable bonds is 2. The quantitative estimate of drug-likeness (QED) is 0.732. The van der Waals surface area contributed by atoms with Crippen molar-refractivity contribution in [2.24, 2.45) is 0 Å². The Kier molecular flexibility index (Phi) is 3.17. The molecule has 1 heterocycles. The third kappa shape index (κ3) is 2.27. The van der Waals surface area contributed by atoms with Gasteiger partial charge in [0.25, 0.3) is 0 Å². The highest BCUT2D eigenvalue weighted by Gasteiger charge is 2.14. The number of anilines is 1. The molecular weight excluding hydrogens is 262 g/mol. The smallest absolute Gasteiger partial charge is 0.187 e. The Morgan fingerprint density at radius 1 is 0.952 bits per heavy atom. The summed E-state index contributed by atoms with van der Waals surface area (Å²) in [6.45, 7) is 6.09. The average Bonchev–Trinajstić information content (AvgIpc) is 2.91. The van der Waals surface area contributed by atoms with Gasteiger partial charge < -0.3 is 5.73 Å². The second-order valence-electron chi connectivity index (χ2n) is 5.23. The standard InChI is InChI=1S/C16H17N5/c1-10-7-8-13(9-14(10)17)16-18-19-20-21(16)15-11(2)5-4-6-12(15)3/h4-9H,17H2,1-3H3. The fourth-order valence-corrected chi connectivity index (χ4v) is 2.44. The summed E-state index contributed by atoms with van der Waals surface area (Å²) in [4.78, 5) is 0. The third-order valence-corrected chi connectivity index (χ3v) is 3.66. The second-order valence-corrected chi connectivity index (χ2v) is 5.23. The van der Waals surface area contributed by atoms with Crippen LogP contribution in [0, 0.1) is 20.8 Å². The van der Waals surface area contributed by atoms with Crippen LogP contribution in [-0.2, 0) is 0 Å². The summed E-state index contributed by atoms with van der Waals surface area (Å²) in [5.74, 6) is 0.694. The molecule has 21 heavy (non-hydrogen) atoms. The van der Waals surface area contributed by atoms with Crippen molar-refractivity contribution in [1.29, 1.82) is 0 Å². The molecule has 0 atom stereocenters. The highest BCUT2D eigenvalue weighted by atomic mass is 15.5. The predicted molar refractivity (Wildman–Crippen MR) is 83.2 cm³/mol. The van der Waals surface area contributed by atoms with Crippen LogP contribution in [0.2, 0.25) is 0 Å². The molecule has 0 spiro atoms. The SMILES string of the molecule is Cc1ccc(-c2nnnn2-c2c(C)cccc2C)cc1N. The second kappa shape index (κ2) is 5.01. The van der Waals surface area contributed by atoms with Crippen molar-refractivity contribution in [3.8, 4) is 17.1 Å². The molecule has 5 nitrogen and oxygen atoms in total. The molecular formula is C16H17N5. The minimum Gasteiger partial charge on any atom is -0.398 e. The number of nitrogens with zero attached hydrogens (tertiary/aromatic N) is 4. The van der Waals surface area contributed by atoms with Gasteiger partial charge in [0.2, 0.25) is 0 Å². The van der Waals surface area contributed by atoms with E-state index in [1.54, 1.807) is 4.68 Å². The van der Waals surface area contributed by atoms with Crippen LogP contribution in [0.25, 0.3) is 17.1 Å². The maximum Gasteiger partial charge on any atom is 0.187 e. The fourth-order valence-electron chi connectivity index (χ4n) is 2.44. The largest absolute Gasteiger partial charge is 0.398 e. The van der Waals surface area contributed by atoms with Gasteiger partial charge in [-0.1, -0.05) is 30.3 Å². The molecule has 0 saturated heterocycles. The lowest BCUT2D eigenvalue weighted by Crippen LogP contribution is -2.04. The van der Waals surface area contributed by atoms with Crippen LogP contribution in [0.3, 0.4) is 0 Å². The molecule has 0 bridgehead atoms. The van der Waals surface area contributed by atoms with Crippen molar-refractivity contribution in [2.75, 3.05) is 5.73 Å². The maximum absolute atomic E-state index is 6.00. The van der Waals surface area contributed by atoms with Gasteiger partial charge in [0.05, 0.1) is 5.69 Å². The third-order valence-electron chi connectivity index (χ3n) is 3.66. The topological polar surface area (TPSA) is 69.6 Å². The molecule has 0 aliphatic carbocycles. The van der Waals surface area contributed by atoms with E-state index < -0.39 is 0 Å². The van der Waals surface area contributed by atoms with Crippen LogP contribution in [0.15, 0.2) is 36.4 Å². The van der Waals surface area contributed by atoms with Crippen molar-refractivity contribution in [3.63, 3.8) is 0 Å². The molecule has 0 saturated carbocycles. The Labute approximate surface area is 123 Å². The molecule has 0 radical (unpaired) electrons. The van der Waals surface area contributed by atoms with E-state index in [0.29, 0.717) is 5.82 Å². The van der Waals surface area contributed by atoms with Crippen LogP contribution in [0.5, 0.6) is 0 Å². The zero-order valence-corrected chi connectivity index (χ0v) is 12.3. The number of benzene rings is 2. The van der Waals surface area contributed by atoms with Gasteiger partial charge in [-0.15, -0.1) is 5.10 Å². The van der Waals surface area contributed by atoms with E-state index in [-0.39, 0.29) is 0 Å². The highest BCUT2D eigenvalue weighted by Crippen LogP contribution is 2.26. The molecule has 0 aliphatic rings. The average molecular weight is 279 g/mol. The number of hydrogen-bond donors (Lipinski definition) is 1. The first kappa shape index (κ1) is 13.3. The van der Waals surface area contributed by atoms with Crippen molar-refractivity contribution in [3.05, 3.63) is 53.1 Å². The fraction of sp³-hybridized carbons (Fsp3) is 0.188. The number of nitrogen functional groups attached to an aromatic ring is 1. The number of aryl methyl sites for hydroxylation is 3. The summed E-state index contributed by atoms with van der Waals surface area (Å²) in [7, 11) is 0. The van der Waals surface area contributed by atoms with Crippen molar-refractivity contribution >= 4 is 5.69 Å². The minimum absolute atomic E-state index is 0.694. The minimum atomic E-state index is 0.694. The predicted octanol–water partition coefficient (Wildman–Crippen LogP) is 2.84. The molecule has 2 N–H and O–H groups in total. The lowest BCUT2D eigenvalue weighted by molar-refractivity contribution is 0.783. The van der Waals surface area contributed by atoms with Gasteiger partial charge in [-0.2, -0.15) is 4.68 Å². The highest BCUT2D eigenvalue weighted by molar-refractivity contribution is 5.65. The number of aromatic nitrogens is 4. The lowest BCUT2D eigenvalue weighted by atomic mass is 10.1. The normalized spacial score (nSPS) is 10.8. The maximum atomic E-state index is 6.00.